The van der Waals surface area contributed by atoms with Gasteiger partial charge in [-0.2, -0.15) is 8.42 Å². The van der Waals surface area contributed by atoms with E-state index in [1.807, 2.05) is 13.8 Å². The summed E-state index contributed by atoms with van der Waals surface area (Å²) in [6.07, 6.45) is 1.18. The van der Waals surface area contributed by atoms with Crippen LogP contribution < -0.4 is 19.9 Å². The normalized spacial score (nSPS) is 11.2. The molecule has 1 heterocycles. The maximum Gasteiger partial charge on any atom is 0.296 e. The van der Waals surface area contributed by atoms with Crippen molar-refractivity contribution < 1.29 is 17.9 Å². The summed E-state index contributed by atoms with van der Waals surface area (Å²) in [5.74, 6) is 0.255. The van der Waals surface area contributed by atoms with Gasteiger partial charge in [-0.1, -0.05) is 18.3 Å². The van der Waals surface area contributed by atoms with Crippen molar-refractivity contribution in [3.63, 3.8) is 0 Å². The van der Waals surface area contributed by atoms with Crippen LogP contribution in [0.4, 0.5) is 10.8 Å². The van der Waals surface area contributed by atoms with Crippen molar-refractivity contribution in [3.05, 3.63) is 23.9 Å². The summed E-state index contributed by atoms with van der Waals surface area (Å²) in [5.41, 5.74) is 1.69. The second-order valence-electron chi connectivity index (χ2n) is 5.29. The van der Waals surface area contributed by atoms with Crippen LogP contribution in [0.1, 0.15) is 25.5 Å². The number of amides is 1. The molecule has 0 aliphatic heterocycles. The Balaban J connectivity index is 2.37. The van der Waals surface area contributed by atoms with Crippen molar-refractivity contribution in [2.24, 2.45) is 5.14 Å². The minimum atomic E-state index is -3.94. The lowest BCUT2D eigenvalue weighted by molar-refractivity contribution is -0.116. The van der Waals surface area contributed by atoms with Gasteiger partial charge in [0.1, 0.15) is 5.75 Å². The molecule has 0 saturated heterocycles. The van der Waals surface area contributed by atoms with Crippen LogP contribution in [-0.2, 0) is 15.0 Å². The number of hydrogen-bond donors (Lipinski definition) is 3. The van der Waals surface area contributed by atoms with E-state index in [0.29, 0.717) is 17.3 Å². The number of hydrogen-bond acceptors (Lipinski definition) is 6. The predicted molar refractivity (Wildman–Crippen MR) is 99.1 cm³/mol. The number of nitrogens with two attached hydrogens (primary N) is 1. The molecule has 0 unspecified atom stereocenters. The number of carbonyl (C=O) groups is 1. The molecule has 0 atom stereocenters. The minimum absolute atomic E-state index is 0.0888. The molecule has 0 bridgehead atoms. The molecule has 1 amide bonds. The quantitative estimate of drug-likeness (QED) is 0.676. The molecule has 2 aromatic rings. The SMILES string of the molecule is CCCC(=O)Nc1nc(C)c(-c2ccc(OC)c(NS(N)(=O)=O)c2)s1. The molecule has 4 N–H and O–H groups in total. The highest BCUT2D eigenvalue weighted by Gasteiger charge is 2.15. The Morgan fingerprint density at radius 3 is 2.72 bits per heavy atom. The Hall–Kier alpha value is -2.17. The highest BCUT2D eigenvalue weighted by atomic mass is 32.2. The number of nitrogens with one attached hydrogen (secondary N) is 2. The van der Waals surface area contributed by atoms with Crippen LogP contribution >= 0.6 is 11.3 Å². The van der Waals surface area contributed by atoms with Crippen molar-refractivity contribution in [1.29, 1.82) is 0 Å². The molecular formula is C15H20N4O4S2. The van der Waals surface area contributed by atoms with Crippen molar-refractivity contribution in [3.8, 4) is 16.2 Å². The van der Waals surface area contributed by atoms with Gasteiger partial charge in [-0.3, -0.25) is 9.52 Å². The van der Waals surface area contributed by atoms with E-state index >= 15 is 0 Å². The molecule has 25 heavy (non-hydrogen) atoms. The molecule has 0 saturated carbocycles. The molecule has 0 fully saturated rings. The summed E-state index contributed by atoms with van der Waals surface area (Å²) >= 11 is 1.31. The van der Waals surface area contributed by atoms with E-state index in [1.165, 1.54) is 18.4 Å². The first-order valence-corrected chi connectivity index (χ1v) is 9.86. The molecule has 10 heteroatoms. The Labute approximate surface area is 150 Å². The second-order valence-corrected chi connectivity index (χ2v) is 7.59. The highest BCUT2D eigenvalue weighted by molar-refractivity contribution is 7.90. The van der Waals surface area contributed by atoms with Gasteiger partial charge in [0.2, 0.25) is 5.91 Å². The molecule has 1 aromatic carbocycles. The van der Waals surface area contributed by atoms with Gasteiger partial charge in [0, 0.05) is 6.42 Å². The predicted octanol–water partition coefficient (Wildman–Crippen LogP) is 2.48. The monoisotopic (exact) mass is 384 g/mol. The number of benzene rings is 1. The number of methoxy groups -OCH3 is 1. The third-order valence-corrected chi connectivity index (χ3v) is 4.86. The lowest BCUT2D eigenvalue weighted by atomic mass is 10.1. The first-order chi connectivity index (χ1) is 11.7. The Bertz CT molecular complexity index is 878. The summed E-state index contributed by atoms with van der Waals surface area (Å²) in [6.45, 7) is 3.74. The van der Waals surface area contributed by atoms with E-state index in [9.17, 15) is 13.2 Å². The number of aryl methyl sites for hydroxylation is 1. The summed E-state index contributed by atoms with van der Waals surface area (Å²) in [5, 5.41) is 8.31. The van der Waals surface area contributed by atoms with E-state index in [2.05, 4.69) is 15.0 Å². The summed E-state index contributed by atoms with van der Waals surface area (Å²) in [4.78, 5) is 16.9. The Morgan fingerprint density at radius 1 is 1.40 bits per heavy atom. The van der Waals surface area contributed by atoms with Crippen molar-refractivity contribution >= 4 is 38.3 Å². The van der Waals surface area contributed by atoms with E-state index in [4.69, 9.17) is 9.88 Å². The van der Waals surface area contributed by atoms with Gasteiger partial charge in [0.25, 0.3) is 10.2 Å². The van der Waals surface area contributed by atoms with Crippen LogP contribution in [0.25, 0.3) is 10.4 Å². The van der Waals surface area contributed by atoms with Gasteiger partial charge >= 0.3 is 0 Å². The average molecular weight is 384 g/mol. The zero-order valence-corrected chi connectivity index (χ0v) is 15.8. The number of rotatable bonds is 7. The summed E-state index contributed by atoms with van der Waals surface area (Å²) < 4.78 is 30.0. The lowest BCUT2D eigenvalue weighted by Gasteiger charge is -2.11. The highest BCUT2D eigenvalue weighted by Crippen LogP contribution is 2.37. The lowest BCUT2D eigenvalue weighted by Crippen LogP contribution is -2.22. The van der Waals surface area contributed by atoms with Crippen molar-refractivity contribution in [1.82, 2.24) is 4.98 Å². The van der Waals surface area contributed by atoms with E-state index in [1.54, 1.807) is 18.2 Å². The zero-order valence-electron chi connectivity index (χ0n) is 14.1. The van der Waals surface area contributed by atoms with Crippen LogP contribution in [0, 0.1) is 6.92 Å². The van der Waals surface area contributed by atoms with Gasteiger partial charge in [-0.25, -0.2) is 10.1 Å². The molecule has 2 rings (SSSR count). The van der Waals surface area contributed by atoms with Gasteiger partial charge in [0.15, 0.2) is 5.13 Å². The molecule has 0 aliphatic carbocycles. The van der Waals surface area contributed by atoms with Crippen LogP contribution in [0.15, 0.2) is 18.2 Å². The minimum Gasteiger partial charge on any atom is -0.495 e. The van der Waals surface area contributed by atoms with Crippen LogP contribution in [0.5, 0.6) is 5.75 Å². The fourth-order valence-corrected chi connectivity index (χ4v) is 3.65. The van der Waals surface area contributed by atoms with Crippen LogP contribution in [0.3, 0.4) is 0 Å². The van der Waals surface area contributed by atoms with Crippen LogP contribution in [-0.4, -0.2) is 26.4 Å². The Kier molecular flexibility index (Phi) is 5.98. The zero-order chi connectivity index (χ0) is 18.6. The number of anilines is 2. The van der Waals surface area contributed by atoms with Gasteiger partial charge in [-0.05, 0) is 37.1 Å². The number of aromatic nitrogens is 1. The van der Waals surface area contributed by atoms with Gasteiger partial charge < -0.3 is 10.1 Å². The van der Waals surface area contributed by atoms with E-state index in [-0.39, 0.29) is 11.6 Å². The molecule has 136 valence electrons. The average Bonchev–Trinajstić information content (AvgIpc) is 2.86. The maximum atomic E-state index is 11.7. The van der Waals surface area contributed by atoms with E-state index < -0.39 is 10.2 Å². The van der Waals surface area contributed by atoms with Crippen molar-refractivity contribution in [2.75, 3.05) is 17.1 Å². The largest absolute Gasteiger partial charge is 0.495 e. The number of ether oxygens (including phenoxy) is 1. The molecular weight excluding hydrogens is 364 g/mol. The van der Waals surface area contributed by atoms with Gasteiger partial charge in [-0.15, -0.1) is 0 Å². The fraction of sp³-hybridized carbons (Fsp3) is 0.333. The summed E-state index contributed by atoms with van der Waals surface area (Å²) in [7, 11) is -2.50. The van der Waals surface area contributed by atoms with E-state index in [0.717, 1.165) is 22.6 Å². The third-order valence-electron chi connectivity index (χ3n) is 3.23. The molecule has 0 radical (unpaired) electrons. The first-order valence-electron chi connectivity index (χ1n) is 7.49. The molecule has 1 aromatic heterocycles. The standard InChI is InChI=1S/C15H20N4O4S2/c1-4-5-13(20)18-15-17-9(2)14(24-15)10-6-7-12(23-3)11(8-10)19-25(16,21)22/h6-8,19H,4-5H2,1-3H3,(H2,16,21,22)(H,17,18,20). The number of nitrogens with zero attached hydrogens (tertiary/aromatic N) is 1. The smallest absolute Gasteiger partial charge is 0.296 e. The number of thiazole rings is 1. The molecule has 8 nitrogen and oxygen atoms in total. The first kappa shape index (κ1) is 19.2. The summed E-state index contributed by atoms with van der Waals surface area (Å²) in [6, 6.07) is 5.03. The van der Waals surface area contributed by atoms with Gasteiger partial charge in [0.05, 0.1) is 23.4 Å². The van der Waals surface area contributed by atoms with Crippen LogP contribution in [0.2, 0.25) is 0 Å². The van der Waals surface area contributed by atoms with Crippen molar-refractivity contribution in [2.45, 2.75) is 26.7 Å². The maximum absolute atomic E-state index is 11.7. The molecule has 0 aliphatic rings. The third kappa shape index (κ3) is 5.15. The second kappa shape index (κ2) is 7.81. The number of carbonyl (C=O) groups excluding carboxylic acids is 1. The molecule has 0 spiro atoms. The topological polar surface area (TPSA) is 123 Å². The Morgan fingerprint density at radius 2 is 2.12 bits per heavy atom. The fourth-order valence-electron chi connectivity index (χ4n) is 2.21.